The van der Waals surface area contributed by atoms with E-state index in [0.29, 0.717) is 13.1 Å². The number of imidazole rings is 1. The van der Waals surface area contributed by atoms with E-state index in [1.54, 1.807) is 11.3 Å². The van der Waals surface area contributed by atoms with Crippen LogP contribution in [-0.4, -0.2) is 26.9 Å². The summed E-state index contributed by atoms with van der Waals surface area (Å²) in [5.74, 6) is 0.0664. The maximum atomic E-state index is 13.0. The van der Waals surface area contributed by atoms with Crippen LogP contribution in [0.3, 0.4) is 0 Å². The van der Waals surface area contributed by atoms with Gasteiger partial charge in [-0.3, -0.25) is 4.79 Å². The highest BCUT2D eigenvalue weighted by Gasteiger charge is 2.23. The van der Waals surface area contributed by atoms with Crippen molar-refractivity contribution in [1.82, 2.24) is 14.5 Å². The average molecular weight is 338 g/mol. The average Bonchev–Trinajstić information content (AvgIpc) is 3.30. The van der Waals surface area contributed by atoms with Crippen LogP contribution in [0.15, 0.2) is 54.3 Å². The lowest BCUT2D eigenvalue weighted by Crippen LogP contribution is -2.38. The van der Waals surface area contributed by atoms with Gasteiger partial charge in [-0.05, 0) is 23.6 Å². The third-order valence-electron chi connectivity index (χ3n) is 4.24. The lowest BCUT2D eigenvalue weighted by atomic mass is 10.1. The number of aromatic nitrogens is 2. The van der Waals surface area contributed by atoms with E-state index >= 15 is 0 Å². The number of benzene rings is 1. The first-order valence-corrected chi connectivity index (χ1v) is 8.83. The zero-order valence-electron chi connectivity index (χ0n) is 13.2. The standard InChI is InChI=1S/C18H18N4OS/c23-18(21-7-8-22-13-19-10-14(22)12-21)16-5-1-2-6-17(16)20-11-15-4-3-9-24-15/h1-6,9-10,13,20H,7-8,11-12H2. The number of hydrogen-bond acceptors (Lipinski definition) is 4. The molecule has 6 heteroatoms. The van der Waals surface area contributed by atoms with E-state index in [4.69, 9.17) is 0 Å². The first kappa shape index (κ1) is 15.0. The molecule has 0 unspecified atom stereocenters. The van der Waals surface area contributed by atoms with Gasteiger partial charge in [0.25, 0.3) is 5.91 Å². The molecule has 1 aliphatic heterocycles. The van der Waals surface area contributed by atoms with Crippen molar-refractivity contribution >= 4 is 22.9 Å². The molecule has 3 heterocycles. The molecule has 0 bridgehead atoms. The van der Waals surface area contributed by atoms with E-state index in [2.05, 4.69) is 26.3 Å². The van der Waals surface area contributed by atoms with Crippen molar-refractivity contribution in [3.8, 4) is 0 Å². The van der Waals surface area contributed by atoms with Crippen LogP contribution in [0.25, 0.3) is 0 Å². The van der Waals surface area contributed by atoms with Crippen LogP contribution >= 0.6 is 11.3 Å². The molecule has 122 valence electrons. The Labute approximate surface area is 144 Å². The monoisotopic (exact) mass is 338 g/mol. The summed E-state index contributed by atoms with van der Waals surface area (Å²) < 4.78 is 2.10. The molecule has 1 amide bonds. The van der Waals surface area contributed by atoms with Crippen LogP contribution in [0.2, 0.25) is 0 Å². The number of thiophene rings is 1. The lowest BCUT2D eigenvalue weighted by molar-refractivity contribution is 0.0712. The molecular weight excluding hydrogens is 320 g/mol. The zero-order valence-corrected chi connectivity index (χ0v) is 14.0. The third kappa shape index (κ3) is 2.92. The van der Waals surface area contributed by atoms with E-state index in [-0.39, 0.29) is 5.91 Å². The largest absolute Gasteiger partial charge is 0.380 e. The molecule has 0 aliphatic carbocycles. The van der Waals surface area contributed by atoms with Gasteiger partial charge < -0.3 is 14.8 Å². The van der Waals surface area contributed by atoms with Crippen molar-refractivity contribution in [2.75, 3.05) is 11.9 Å². The fourth-order valence-electron chi connectivity index (χ4n) is 2.95. The predicted molar refractivity (Wildman–Crippen MR) is 95.1 cm³/mol. The smallest absolute Gasteiger partial charge is 0.256 e. The number of hydrogen-bond donors (Lipinski definition) is 1. The highest BCUT2D eigenvalue weighted by atomic mass is 32.1. The first-order chi connectivity index (χ1) is 11.8. The Morgan fingerprint density at radius 1 is 1.21 bits per heavy atom. The SMILES string of the molecule is O=C(c1ccccc1NCc1cccs1)N1CCn2cncc2C1. The van der Waals surface area contributed by atoms with Gasteiger partial charge in [0, 0.05) is 36.4 Å². The second-order valence-electron chi connectivity index (χ2n) is 5.78. The zero-order chi connectivity index (χ0) is 16.4. The topological polar surface area (TPSA) is 50.2 Å². The number of fused-ring (bicyclic) bond motifs is 1. The second kappa shape index (κ2) is 6.49. The van der Waals surface area contributed by atoms with Crippen molar-refractivity contribution in [2.24, 2.45) is 0 Å². The number of rotatable bonds is 4. The fraction of sp³-hybridized carbons (Fsp3) is 0.222. The summed E-state index contributed by atoms with van der Waals surface area (Å²) in [5, 5.41) is 5.46. The number of nitrogens with one attached hydrogen (secondary N) is 1. The van der Waals surface area contributed by atoms with Crippen LogP contribution < -0.4 is 5.32 Å². The summed E-state index contributed by atoms with van der Waals surface area (Å²) in [6.07, 6.45) is 3.66. The molecule has 1 aliphatic rings. The molecule has 0 radical (unpaired) electrons. The van der Waals surface area contributed by atoms with Gasteiger partial charge in [0.2, 0.25) is 0 Å². The Bertz CT molecular complexity index is 840. The maximum Gasteiger partial charge on any atom is 0.256 e. The van der Waals surface area contributed by atoms with Crippen LogP contribution in [0, 0.1) is 0 Å². The van der Waals surface area contributed by atoms with Gasteiger partial charge in [-0.2, -0.15) is 0 Å². The first-order valence-electron chi connectivity index (χ1n) is 7.95. The third-order valence-corrected chi connectivity index (χ3v) is 5.12. The number of amides is 1. The molecule has 1 aromatic carbocycles. The van der Waals surface area contributed by atoms with Crippen LogP contribution in [-0.2, 0) is 19.6 Å². The Balaban J connectivity index is 1.52. The summed E-state index contributed by atoms with van der Waals surface area (Å²) in [6.45, 7) is 2.85. The van der Waals surface area contributed by atoms with E-state index in [9.17, 15) is 4.79 Å². The highest BCUT2D eigenvalue weighted by molar-refractivity contribution is 7.09. The van der Waals surface area contributed by atoms with Crippen LogP contribution in [0.1, 0.15) is 20.9 Å². The van der Waals surface area contributed by atoms with E-state index < -0.39 is 0 Å². The lowest BCUT2D eigenvalue weighted by Gasteiger charge is -2.28. The molecule has 4 rings (SSSR count). The minimum Gasteiger partial charge on any atom is -0.380 e. The Morgan fingerprint density at radius 2 is 2.12 bits per heavy atom. The molecule has 0 saturated heterocycles. The quantitative estimate of drug-likeness (QED) is 0.795. The van der Waals surface area contributed by atoms with Gasteiger partial charge in [-0.25, -0.2) is 4.98 Å². The molecule has 1 N–H and O–H groups in total. The number of anilines is 1. The van der Waals surface area contributed by atoms with Gasteiger partial charge in [-0.1, -0.05) is 18.2 Å². The predicted octanol–water partition coefficient (Wildman–Crippen LogP) is 3.21. The molecule has 5 nitrogen and oxygen atoms in total. The summed E-state index contributed by atoms with van der Waals surface area (Å²) in [4.78, 5) is 20.3. The molecule has 2 aromatic heterocycles. The molecule has 0 spiro atoms. The summed E-state index contributed by atoms with van der Waals surface area (Å²) in [6, 6.07) is 11.9. The fourth-order valence-corrected chi connectivity index (χ4v) is 3.59. The van der Waals surface area contributed by atoms with Gasteiger partial charge in [-0.15, -0.1) is 11.3 Å². The van der Waals surface area contributed by atoms with E-state index in [0.717, 1.165) is 30.0 Å². The Morgan fingerprint density at radius 3 is 3.00 bits per heavy atom. The van der Waals surface area contributed by atoms with Gasteiger partial charge >= 0.3 is 0 Å². The minimum atomic E-state index is 0.0664. The molecule has 3 aromatic rings. The minimum absolute atomic E-state index is 0.0664. The molecule has 24 heavy (non-hydrogen) atoms. The highest BCUT2D eigenvalue weighted by Crippen LogP contribution is 2.22. The van der Waals surface area contributed by atoms with E-state index in [1.807, 2.05) is 47.8 Å². The van der Waals surface area contributed by atoms with Gasteiger partial charge in [0.05, 0.1) is 24.1 Å². The van der Waals surface area contributed by atoms with Crippen LogP contribution in [0.5, 0.6) is 0 Å². The maximum absolute atomic E-state index is 13.0. The van der Waals surface area contributed by atoms with Crippen molar-refractivity contribution in [1.29, 1.82) is 0 Å². The number of carbonyl (C=O) groups excluding carboxylic acids is 1. The molecular formula is C18H18N4OS. The summed E-state index contributed by atoms with van der Waals surface area (Å²) >= 11 is 1.71. The molecule has 0 atom stereocenters. The van der Waals surface area contributed by atoms with Gasteiger partial charge in [0.1, 0.15) is 0 Å². The second-order valence-corrected chi connectivity index (χ2v) is 6.82. The summed E-state index contributed by atoms with van der Waals surface area (Å²) in [7, 11) is 0. The van der Waals surface area contributed by atoms with E-state index in [1.165, 1.54) is 4.88 Å². The van der Waals surface area contributed by atoms with Crippen molar-refractivity contribution in [2.45, 2.75) is 19.6 Å². The normalized spacial score (nSPS) is 13.6. The van der Waals surface area contributed by atoms with Crippen molar-refractivity contribution in [3.05, 3.63) is 70.4 Å². The van der Waals surface area contributed by atoms with Crippen molar-refractivity contribution < 1.29 is 4.79 Å². The molecule has 0 saturated carbocycles. The number of para-hydroxylation sites is 1. The van der Waals surface area contributed by atoms with Crippen molar-refractivity contribution in [3.63, 3.8) is 0 Å². The Hall–Kier alpha value is -2.60. The van der Waals surface area contributed by atoms with Gasteiger partial charge in [0.15, 0.2) is 0 Å². The molecule has 0 fully saturated rings. The number of carbonyl (C=O) groups is 1. The van der Waals surface area contributed by atoms with Crippen LogP contribution in [0.4, 0.5) is 5.69 Å². The Kier molecular flexibility index (Phi) is 4.04. The number of nitrogens with zero attached hydrogens (tertiary/aromatic N) is 3. The summed E-state index contributed by atoms with van der Waals surface area (Å²) in [5.41, 5.74) is 2.69.